The maximum absolute atomic E-state index is 5.68. The molecule has 90 valence electrons. The van der Waals surface area contributed by atoms with Crippen LogP contribution in [0.5, 0.6) is 5.75 Å². The molecule has 0 aliphatic heterocycles. The Balaban J connectivity index is 1.81. The van der Waals surface area contributed by atoms with Crippen LogP contribution in [0, 0.1) is 0 Å². The minimum Gasteiger partial charge on any atom is -0.497 e. The summed E-state index contributed by atoms with van der Waals surface area (Å²) in [7, 11) is 1.66. The van der Waals surface area contributed by atoms with Crippen molar-refractivity contribution in [3.8, 4) is 5.75 Å². The van der Waals surface area contributed by atoms with E-state index in [-0.39, 0.29) is 0 Å². The fourth-order valence-electron chi connectivity index (χ4n) is 1.52. The first kappa shape index (κ1) is 12.0. The zero-order valence-electron chi connectivity index (χ0n) is 9.57. The van der Waals surface area contributed by atoms with Crippen molar-refractivity contribution in [2.45, 2.75) is 13.1 Å². The van der Waals surface area contributed by atoms with Crippen LogP contribution in [0.4, 0.5) is 0 Å². The van der Waals surface area contributed by atoms with Gasteiger partial charge in [0.15, 0.2) is 5.22 Å². The van der Waals surface area contributed by atoms with Gasteiger partial charge in [-0.3, -0.25) is 0 Å². The van der Waals surface area contributed by atoms with E-state index >= 15 is 0 Å². The van der Waals surface area contributed by atoms with E-state index in [0.29, 0.717) is 11.8 Å². The number of methoxy groups -OCH3 is 1. The number of ether oxygens (including phenoxy) is 1. The van der Waals surface area contributed by atoms with Gasteiger partial charge in [0.25, 0.3) is 0 Å². The van der Waals surface area contributed by atoms with Crippen molar-refractivity contribution in [2.75, 3.05) is 7.11 Å². The highest BCUT2D eigenvalue weighted by Crippen LogP contribution is 2.13. The summed E-state index contributed by atoms with van der Waals surface area (Å²) < 4.78 is 10.3. The molecule has 1 aromatic carbocycles. The van der Waals surface area contributed by atoms with E-state index in [1.807, 2.05) is 30.3 Å². The lowest BCUT2D eigenvalue weighted by Gasteiger charge is -2.04. The van der Waals surface area contributed by atoms with Crippen molar-refractivity contribution in [1.82, 2.24) is 5.32 Å². The molecule has 1 N–H and O–H groups in total. The molecular formula is C13H14ClNO2. The second-order valence-corrected chi connectivity index (χ2v) is 4.03. The normalized spacial score (nSPS) is 10.5. The number of rotatable bonds is 5. The summed E-state index contributed by atoms with van der Waals surface area (Å²) in [4.78, 5) is 0. The largest absolute Gasteiger partial charge is 0.497 e. The Hall–Kier alpha value is -1.45. The molecule has 0 saturated heterocycles. The molecule has 0 aliphatic carbocycles. The van der Waals surface area contributed by atoms with Crippen molar-refractivity contribution in [3.05, 3.63) is 52.9 Å². The molecule has 0 amide bonds. The molecule has 0 radical (unpaired) electrons. The van der Waals surface area contributed by atoms with Crippen LogP contribution in [0.15, 0.2) is 40.8 Å². The van der Waals surface area contributed by atoms with Gasteiger partial charge >= 0.3 is 0 Å². The summed E-state index contributed by atoms with van der Waals surface area (Å²) in [5.74, 6) is 1.70. The predicted molar refractivity (Wildman–Crippen MR) is 67.3 cm³/mol. The first-order chi connectivity index (χ1) is 8.28. The third-order valence-electron chi connectivity index (χ3n) is 2.42. The van der Waals surface area contributed by atoms with E-state index in [1.54, 1.807) is 13.2 Å². The summed E-state index contributed by atoms with van der Waals surface area (Å²) in [5, 5.41) is 3.70. The zero-order chi connectivity index (χ0) is 12.1. The van der Waals surface area contributed by atoms with Crippen LogP contribution >= 0.6 is 11.6 Å². The molecule has 0 fully saturated rings. The van der Waals surface area contributed by atoms with E-state index in [4.69, 9.17) is 20.8 Å². The number of halogens is 1. The molecule has 2 aromatic rings. The fourth-order valence-corrected chi connectivity index (χ4v) is 1.68. The van der Waals surface area contributed by atoms with E-state index in [9.17, 15) is 0 Å². The topological polar surface area (TPSA) is 34.4 Å². The molecule has 1 aromatic heterocycles. The van der Waals surface area contributed by atoms with E-state index in [1.165, 1.54) is 5.56 Å². The second-order valence-electron chi connectivity index (χ2n) is 3.66. The van der Waals surface area contributed by atoms with Crippen LogP contribution < -0.4 is 10.1 Å². The lowest BCUT2D eigenvalue weighted by molar-refractivity contribution is 0.414. The molecule has 0 unspecified atom stereocenters. The molecule has 0 bridgehead atoms. The van der Waals surface area contributed by atoms with Crippen molar-refractivity contribution in [3.63, 3.8) is 0 Å². The summed E-state index contributed by atoms with van der Waals surface area (Å²) in [5.41, 5.74) is 1.20. The van der Waals surface area contributed by atoms with Gasteiger partial charge in [-0.25, -0.2) is 0 Å². The van der Waals surface area contributed by atoms with Gasteiger partial charge in [0.1, 0.15) is 11.5 Å². The molecule has 0 saturated carbocycles. The highest BCUT2D eigenvalue weighted by Gasteiger charge is 1.99. The standard InChI is InChI=1S/C13H14ClNO2/c1-16-11-4-2-10(3-5-11)8-15-9-12-6-7-13(14)17-12/h2-7,15H,8-9H2,1H3. The summed E-state index contributed by atoms with van der Waals surface area (Å²) in [6.45, 7) is 1.45. The predicted octanol–water partition coefficient (Wildman–Crippen LogP) is 3.23. The third kappa shape index (κ3) is 3.51. The molecule has 1 heterocycles. The molecular weight excluding hydrogens is 238 g/mol. The van der Waals surface area contributed by atoms with E-state index in [0.717, 1.165) is 18.1 Å². The van der Waals surface area contributed by atoms with Crippen molar-refractivity contribution < 1.29 is 9.15 Å². The Morgan fingerprint density at radius 1 is 1.12 bits per heavy atom. The third-order valence-corrected chi connectivity index (χ3v) is 2.62. The Labute approximate surface area is 105 Å². The summed E-state index contributed by atoms with van der Waals surface area (Å²) in [6.07, 6.45) is 0. The highest BCUT2D eigenvalue weighted by atomic mass is 35.5. The maximum atomic E-state index is 5.68. The molecule has 0 atom stereocenters. The lowest BCUT2D eigenvalue weighted by atomic mass is 10.2. The number of hydrogen-bond donors (Lipinski definition) is 1. The summed E-state index contributed by atoms with van der Waals surface area (Å²) >= 11 is 5.68. The van der Waals surface area contributed by atoms with Gasteiger partial charge in [0, 0.05) is 6.54 Å². The van der Waals surface area contributed by atoms with Crippen LogP contribution in [0.2, 0.25) is 5.22 Å². The van der Waals surface area contributed by atoms with Crippen LogP contribution in [0.25, 0.3) is 0 Å². The van der Waals surface area contributed by atoms with Crippen molar-refractivity contribution in [1.29, 1.82) is 0 Å². The number of benzene rings is 1. The first-order valence-electron chi connectivity index (χ1n) is 5.36. The lowest BCUT2D eigenvalue weighted by Crippen LogP contribution is -2.11. The molecule has 17 heavy (non-hydrogen) atoms. The second kappa shape index (κ2) is 5.75. The highest BCUT2D eigenvalue weighted by molar-refractivity contribution is 6.28. The molecule has 0 aliphatic rings. The van der Waals surface area contributed by atoms with Gasteiger partial charge in [-0.1, -0.05) is 12.1 Å². The van der Waals surface area contributed by atoms with Crippen LogP contribution in [0.3, 0.4) is 0 Å². The van der Waals surface area contributed by atoms with Gasteiger partial charge in [-0.05, 0) is 41.4 Å². The number of nitrogens with one attached hydrogen (secondary N) is 1. The van der Waals surface area contributed by atoms with Crippen molar-refractivity contribution >= 4 is 11.6 Å². The number of furan rings is 1. The van der Waals surface area contributed by atoms with Gasteiger partial charge in [0.05, 0.1) is 13.7 Å². The van der Waals surface area contributed by atoms with E-state index < -0.39 is 0 Å². The molecule has 3 nitrogen and oxygen atoms in total. The zero-order valence-corrected chi connectivity index (χ0v) is 10.3. The molecule has 2 rings (SSSR count). The Morgan fingerprint density at radius 3 is 2.47 bits per heavy atom. The van der Waals surface area contributed by atoms with Gasteiger partial charge in [-0.2, -0.15) is 0 Å². The average molecular weight is 252 g/mol. The van der Waals surface area contributed by atoms with Gasteiger partial charge < -0.3 is 14.5 Å². The van der Waals surface area contributed by atoms with Crippen molar-refractivity contribution in [2.24, 2.45) is 0 Å². The summed E-state index contributed by atoms with van der Waals surface area (Å²) in [6, 6.07) is 11.6. The first-order valence-corrected chi connectivity index (χ1v) is 5.73. The maximum Gasteiger partial charge on any atom is 0.193 e. The Morgan fingerprint density at radius 2 is 1.88 bits per heavy atom. The van der Waals surface area contributed by atoms with Crippen LogP contribution in [-0.4, -0.2) is 7.11 Å². The quantitative estimate of drug-likeness (QED) is 0.886. The number of hydrogen-bond acceptors (Lipinski definition) is 3. The minimum atomic E-state index is 0.422. The van der Waals surface area contributed by atoms with Crippen LogP contribution in [-0.2, 0) is 13.1 Å². The molecule has 0 spiro atoms. The minimum absolute atomic E-state index is 0.422. The average Bonchev–Trinajstić information content (AvgIpc) is 2.76. The molecule has 4 heteroatoms. The smallest absolute Gasteiger partial charge is 0.193 e. The SMILES string of the molecule is COc1ccc(CNCc2ccc(Cl)o2)cc1. The Kier molecular flexibility index (Phi) is 4.07. The van der Waals surface area contributed by atoms with E-state index in [2.05, 4.69) is 5.32 Å². The van der Waals surface area contributed by atoms with Crippen LogP contribution in [0.1, 0.15) is 11.3 Å². The van der Waals surface area contributed by atoms with Gasteiger partial charge in [-0.15, -0.1) is 0 Å². The Bertz CT molecular complexity index is 465. The monoisotopic (exact) mass is 251 g/mol. The van der Waals surface area contributed by atoms with Gasteiger partial charge in [0.2, 0.25) is 0 Å². The fraction of sp³-hybridized carbons (Fsp3) is 0.231.